The van der Waals surface area contributed by atoms with Crippen molar-refractivity contribution in [2.45, 2.75) is 31.3 Å². The van der Waals surface area contributed by atoms with Crippen LogP contribution in [0.1, 0.15) is 24.8 Å². The van der Waals surface area contributed by atoms with E-state index >= 15 is 0 Å². The van der Waals surface area contributed by atoms with Crippen molar-refractivity contribution in [2.24, 2.45) is 0 Å². The van der Waals surface area contributed by atoms with Gasteiger partial charge in [0.2, 0.25) is 6.04 Å². The number of nitro groups is 1. The Bertz CT molecular complexity index is 689. The number of rotatable bonds is 6. The van der Waals surface area contributed by atoms with E-state index in [-0.39, 0.29) is 22.6 Å². The molecule has 0 fully saturated rings. The van der Waals surface area contributed by atoms with Crippen molar-refractivity contribution in [1.82, 2.24) is 10.2 Å². The molecule has 1 aromatic carbocycles. The Morgan fingerprint density at radius 1 is 1.38 bits per heavy atom. The van der Waals surface area contributed by atoms with E-state index in [1.165, 1.54) is 7.11 Å². The second-order valence-electron chi connectivity index (χ2n) is 6.33. The summed E-state index contributed by atoms with van der Waals surface area (Å²) in [6.45, 7) is 2.24. The average molecular weight is 363 g/mol. The normalized spacial score (nSPS) is 22.1. The second kappa shape index (κ2) is 8.66. The summed E-state index contributed by atoms with van der Waals surface area (Å²) >= 11 is 0. The van der Waals surface area contributed by atoms with Gasteiger partial charge in [-0.05, 0) is 45.1 Å². The summed E-state index contributed by atoms with van der Waals surface area (Å²) in [5, 5.41) is 14.3. The number of hydrogen-bond donors (Lipinski definition) is 1. The van der Waals surface area contributed by atoms with Crippen LogP contribution in [0, 0.1) is 10.1 Å². The Morgan fingerprint density at radius 2 is 2.12 bits per heavy atom. The van der Waals surface area contributed by atoms with E-state index in [4.69, 9.17) is 9.47 Å². The SMILES string of the molecule is CCNC(=O)Oc1ccc([C@@H]2CC=C[C@H](N(C)C)C2[N+](=O)[O-])cc1OC. The van der Waals surface area contributed by atoms with Crippen LogP contribution in [0.15, 0.2) is 30.4 Å². The molecule has 1 aliphatic rings. The molecule has 0 aliphatic heterocycles. The van der Waals surface area contributed by atoms with Crippen molar-refractivity contribution < 1.29 is 19.2 Å². The van der Waals surface area contributed by atoms with E-state index < -0.39 is 12.1 Å². The monoisotopic (exact) mass is 363 g/mol. The van der Waals surface area contributed by atoms with Crippen LogP contribution < -0.4 is 14.8 Å². The fourth-order valence-electron chi connectivity index (χ4n) is 3.22. The Balaban J connectivity index is 2.33. The number of amides is 1. The molecule has 1 unspecified atom stereocenters. The van der Waals surface area contributed by atoms with Crippen molar-refractivity contribution in [3.63, 3.8) is 0 Å². The number of methoxy groups -OCH3 is 1. The van der Waals surface area contributed by atoms with E-state index in [9.17, 15) is 14.9 Å². The maximum Gasteiger partial charge on any atom is 0.412 e. The molecule has 0 bridgehead atoms. The molecule has 0 saturated heterocycles. The third-order valence-electron chi connectivity index (χ3n) is 4.46. The lowest BCUT2D eigenvalue weighted by Gasteiger charge is -2.32. The van der Waals surface area contributed by atoms with Crippen LogP contribution in [0.4, 0.5) is 4.79 Å². The Kier molecular flexibility index (Phi) is 6.57. The molecule has 0 spiro atoms. The number of hydrogen-bond acceptors (Lipinski definition) is 6. The molecule has 1 aliphatic carbocycles. The molecule has 1 aromatic rings. The van der Waals surface area contributed by atoms with Crippen LogP contribution in [0.5, 0.6) is 11.5 Å². The zero-order valence-corrected chi connectivity index (χ0v) is 15.5. The molecule has 0 saturated carbocycles. The topological polar surface area (TPSA) is 93.9 Å². The van der Waals surface area contributed by atoms with Gasteiger partial charge in [0, 0.05) is 11.5 Å². The third kappa shape index (κ3) is 4.32. The van der Waals surface area contributed by atoms with Gasteiger partial charge in [0.25, 0.3) is 0 Å². The minimum Gasteiger partial charge on any atom is -0.493 e. The molecule has 8 heteroatoms. The van der Waals surface area contributed by atoms with Crippen molar-refractivity contribution in [3.8, 4) is 11.5 Å². The lowest BCUT2D eigenvalue weighted by molar-refractivity contribution is -0.532. The van der Waals surface area contributed by atoms with E-state index in [0.717, 1.165) is 5.56 Å². The quantitative estimate of drug-likeness (QED) is 0.474. The van der Waals surface area contributed by atoms with Gasteiger partial charge in [0.15, 0.2) is 11.5 Å². The number of nitrogens with one attached hydrogen (secondary N) is 1. The van der Waals surface area contributed by atoms with Crippen LogP contribution in [0.2, 0.25) is 0 Å². The fourth-order valence-corrected chi connectivity index (χ4v) is 3.22. The number of ether oxygens (including phenoxy) is 2. The molecule has 3 atom stereocenters. The van der Waals surface area contributed by atoms with E-state index in [0.29, 0.717) is 18.7 Å². The minimum atomic E-state index is -0.769. The van der Waals surface area contributed by atoms with Crippen LogP contribution in [-0.4, -0.2) is 55.8 Å². The molecule has 2 rings (SSSR count). The van der Waals surface area contributed by atoms with Gasteiger partial charge in [-0.15, -0.1) is 0 Å². The van der Waals surface area contributed by atoms with Gasteiger partial charge in [0.1, 0.15) is 0 Å². The molecule has 142 valence electrons. The molecule has 0 aromatic heterocycles. The Labute approximate surface area is 152 Å². The first kappa shape index (κ1) is 19.7. The van der Waals surface area contributed by atoms with Gasteiger partial charge >= 0.3 is 6.09 Å². The van der Waals surface area contributed by atoms with Gasteiger partial charge in [-0.1, -0.05) is 18.2 Å². The summed E-state index contributed by atoms with van der Waals surface area (Å²) in [4.78, 5) is 25.0. The Hall–Kier alpha value is -2.61. The predicted molar refractivity (Wildman–Crippen MR) is 97.5 cm³/mol. The first-order valence-electron chi connectivity index (χ1n) is 8.49. The summed E-state index contributed by atoms with van der Waals surface area (Å²) in [6, 6.07) is 4.02. The van der Waals surface area contributed by atoms with Gasteiger partial charge in [0.05, 0.1) is 19.1 Å². The molecule has 1 N–H and O–H groups in total. The molecule has 26 heavy (non-hydrogen) atoms. The number of likely N-dealkylation sites (N-methyl/N-ethyl adjacent to an activating group) is 1. The van der Waals surface area contributed by atoms with Crippen molar-refractivity contribution in [3.05, 3.63) is 46.0 Å². The lowest BCUT2D eigenvalue weighted by atomic mass is 9.80. The molecule has 0 heterocycles. The van der Waals surface area contributed by atoms with E-state index in [1.807, 2.05) is 31.1 Å². The minimum absolute atomic E-state index is 0.218. The van der Waals surface area contributed by atoms with Gasteiger partial charge in [-0.25, -0.2) is 4.79 Å². The maximum atomic E-state index is 11.7. The summed E-state index contributed by atoms with van der Waals surface area (Å²) < 4.78 is 10.5. The standard InChI is InChI=1S/C18H25N3O5/c1-5-19-18(22)26-15-10-9-12(11-16(15)25-4)13-7-6-8-14(20(2)3)17(13)21(23)24/h6,8-11,13-14,17H,5,7H2,1-4H3,(H,19,22)/t13-,14-,17?/m0/s1. The zero-order chi connectivity index (χ0) is 19.3. The van der Waals surface area contributed by atoms with E-state index in [1.54, 1.807) is 25.1 Å². The molecular formula is C18H25N3O5. The smallest absolute Gasteiger partial charge is 0.412 e. The van der Waals surface area contributed by atoms with Gasteiger partial charge in [-0.3, -0.25) is 15.0 Å². The highest BCUT2D eigenvalue weighted by atomic mass is 16.6. The molecular weight excluding hydrogens is 338 g/mol. The summed E-state index contributed by atoms with van der Waals surface area (Å²) in [6.07, 6.45) is 3.85. The highest BCUT2D eigenvalue weighted by Crippen LogP contribution is 2.37. The van der Waals surface area contributed by atoms with Gasteiger partial charge < -0.3 is 14.8 Å². The van der Waals surface area contributed by atoms with Crippen LogP contribution in [0.3, 0.4) is 0 Å². The number of benzene rings is 1. The first-order valence-corrected chi connectivity index (χ1v) is 8.49. The summed E-state index contributed by atoms with van der Waals surface area (Å²) in [5.41, 5.74) is 0.781. The number of carbonyl (C=O) groups excluding carboxylic acids is 1. The van der Waals surface area contributed by atoms with E-state index in [2.05, 4.69) is 5.32 Å². The number of allylic oxidation sites excluding steroid dienone is 1. The second-order valence-corrected chi connectivity index (χ2v) is 6.33. The zero-order valence-electron chi connectivity index (χ0n) is 15.5. The Morgan fingerprint density at radius 3 is 2.69 bits per heavy atom. The molecule has 1 amide bonds. The first-order chi connectivity index (χ1) is 12.4. The van der Waals surface area contributed by atoms with Crippen molar-refractivity contribution in [2.75, 3.05) is 27.7 Å². The third-order valence-corrected chi connectivity index (χ3v) is 4.46. The van der Waals surface area contributed by atoms with Crippen molar-refractivity contribution in [1.29, 1.82) is 0 Å². The van der Waals surface area contributed by atoms with Crippen LogP contribution in [0.25, 0.3) is 0 Å². The molecule has 8 nitrogen and oxygen atoms in total. The lowest BCUT2D eigenvalue weighted by Crippen LogP contribution is -2.47. The predicted octanol–water partition coefficient (Wildman–Crippen LogP) is 2.42. The summed E-state index contributed by atoms with van der Waals surface area (Å²) in [7, 11) is 5.13. The molecule has 0 radical (unpaired) electrons. The largest absolute Gasteiger partial charge is 0.493 e. The average Bonchev–Trinajstić information content (AvgIpc) is 2.61. The van der Waals surface area contributed by atoms with Crippen LogP contribution in [-0.2, 0) is 0 Å². The maximum absolute atomic E-state index is 11.7. The highest BCUT2D eigenvalue weighted by Gasteiger charge is 2.41. The van der Waals surface area contributed by atoms with Gasteiger partial charge in [-0.2, -0.15) is 0 Å². The van der Waals surface area contributed by atoms with Crippen LogP contribution >= 0.6 is 0 Å². The summed E-state index contributed by atoms with van der Waals surface area (Å²) in [5.74, 6) is 0.344. The highest BCUT2D eigenvalue weighted by molar-refractivity contribution is 5.71. The van der Waals surface area contributed by atoms with Crippen molar-refractivity contribution >= 4 is 6.09 Å². The number of nitrogens with zero attached hydrogens (tertiary/aromatic N) is 2. The number of carbonyl (C=O) groups is 1. The fraction of sp³-hybridized carbons (Fsp3) is 0.500.